The van der Waals surface area contributed by atoms with Gasteiger partial charge in [-0.05, 0) is 33.1 Å². The Hall–Kier alpha value is -2.08. The molecule has 1 aromatic rings. The van der Waals surface area contributed by atoms with Gasteiger partial charge in [0.15, 0.2) is 27.3 Å². The van der Waals surface area contributed by atoms with Gasteiger partial charge in [0, 0.05) is 45.3 Å². The molecule has 12 heteroatoms. The molecule has 0 aromatic carbocycles. The van der Waals surface area contributed by atoms with Crippen molar-refractivity contribution in [3.05, 3.63) is 17.6 Å². The molecule has 2 saturated heterocycles. The fourth-order valence-electron chi connectivity index (χ4n) is 4.08. The molecule has 1 amide bonds. The Morgan fingerprint density at radius 2 is 1.78 bits per heavy atom. The van der Waals surface area contributed by atoms with E-state index in [1.54, 1.807) is 11.8 Å². The lowest BCUT2D eigenvalue weighted by molar-refractivity contribution is 0.0812. The molecule has 0 radical (unpaired) electrons. The first-order chi connectivity index (χ1) is 15.2. The Bertz CT molecular complexity index is 939. The molecule has 0 bridgehead atoms. The molecule has 3 heterocycles. The molecular weight excluding hydrogens is 449 g/mol. The molecule has 0 unspecified atom stereocenters. The van der Waals surface area contributed by atoms with Crippen LogP contribution in [0.5, 0.6) is 0 Å². The molecular formula is C20H29F3N4O4S. The molecule has 0 spiro atoms. The molecule has 1 atom stereocenters. The Kier molecular flexibility index (Phi) is 7.86. The summed E-state index contributed by atoms with van der Waals surface area (Å²) in [5.41, 5.74) is 0. The van der Waals surface area contributed by atoms with Crippen molar-refractivity contribution in [2.45, 2.75) is 44.0 Å². The van der Waals surface area contributed by atoms with Gasteiger partial charge in [-0.25, -0.2) is 22.0 Å². The Morgan fingerprint density at radius 3 is 2.41 bits per heavy atom. The van der Waals surface area contributed by atoms with E-state index in [0.29, 0.717) is 32.7 Å². The fourth-order valence-corrected chi connectivity index (χ4v) is 5.50. The number of ether oxygens (including phenoxy) is 1. The van der Waals surface area contributed by atoms with Crippen LogP contribution in [0.15, 0.2) is 4.90 Å². The van der Waals surface area contributed by atoms with Crippen LogP contribution in [0.25, 0.3) is 0 Å². The second kappa shape index (κ2) is 10.2. The number of carbonyl (C=O) groups excluding carboxylic acids is 1. The monoisotopic (exact) mass is 478 g/mol. The van der Waals surface area contributed by atoms with E-state index in [-0.39, 0.29) is 19.2 Å². The van der Waals surface area contributed by atoms with E-state index in [1.807, 2.05) is 6.92 Å². The maximum Gasteiger partial charge on any atom is 0.409 e. The lowest BCUT2D eigenvalue weighted by Gasteiger charge is -2.35. The van der Waals surface area contributed by atoms with Crippen LogP contribution in [0, 0.1) is 17.6 Å². The van der Waals surface area contributed by atoms with Crippen molar-refractivity contribution in [3.63, 3.8) is 0 Å². The molecule has 2 aliphatic heterocycles. The minimum atomic E-state index is -4.46. The summed E-state index contributed by atoms with van der Waals surface area (Å²) in [6, 6.07) is -0.165. The van der Waals surface area contributed by atoms with Gasteiger partial charge in [-0.1, -0.05) is 0 Å². The standard InChI is InChI=1S/C20H29F3N4O4S/c1-3-31-20(28)26-10-8-25(9-11-26)12-13-32(29,30)17-15(21)18(23)24-19(16(17)22)27-7-5-4-6-14(27)2/h14H,3-13H2,1-2H3/t14-/m0/s1. The van der Waals surface area contributed by atoms with E-state index in [2.05, 4.69) is 4.98 Å². The van der Waals surface area contributed by atoms with E-state index >= 15 is 4.39 Å². The highest BCUT2D eigenvalue weighted by atomic mass is 32.2. The van der Waals surface area contributed by atoms with Crippen molar-refractivity contribution >= 4 is 21.7 Å². The number of anilines is 1. The molecule has 0 saturated carbocycles. The molecule has 2 fully saturated rings. The largest absolute Gasteiger partial charge is 0.450 e. The number of halogens is 3. The number of carbonyl (C=O) groups is 1. The van der Waals surface area contributed by atoms with Gasteiger partial charge < -0.3 is 14.5 Å². The van der Waals surface area contributed by atoms with Gasteiger partial charge in [0.05, 0.1) is 12.4 Å². The first-order valence-corrected chi connectivity index (χ1v) is 12.5. The van der Waals surface area contributed by atoms with Crippen LogP contribution >= 0.6 is 0 Å². The molecule has 32 heavy (non-hydrogen) atoms. The van der Waals surface area contributed by atoms with Crippen LogP contribution in [0.1, 0.15) is 33.1 Å². The molecule has 3 rings (SSSR count). The van der Waals surface area contributed by atoms with E-state index in [9.17, 15) is 22.0 Å². The first-order valence-electron chi connectivity index (χ1n) is 10.8. The van der Waals surface area contributed by atoms with Gasteiger partial charge in [0.1, 0.15) is 4.90 Å². The van der Waals surface area contributed by atoms with Crippen LogP contribution in [0.2, 0.25) is 0 Å². The highest BCUT2D eigenvalue weighted by Crippen LogP contribution is 2.32. The van der Waals surface area contributed by atoms with Gasteiger partial charge in [0.25, 0.3) is 5.95 Å². The second-order valence-electron chi connectivity index (χ2n) is 8.07. The topological polar surface area (TPSA) is 83.0 Å². The fraction of sp³-hybridized carbons (Fsp3) is 0.700. The summed E-state index contributed by atoms with van der Waals surface area (Å²) in [4.78, 5) is 18.7. The number of piperazine rings is 1. The van der Waals surface area contributed by atoms with E-state index in [0.717, 1.165) is 19.3 Å². The number of piperidine rings is 1. The molecule has 1 aromatic heterocycles. The van der Waals surface area contributed by atoms with Crippen molar-refractivity contribution in [1.29, 1.82) is 0 Å². The van der Waals surface area contributed by atoms with E-state index in [4.69, 9.17) is 4.74 Å². The Morgan fingerprint density at radius 1 is 1.09 bits per heavy atom. The minimum absolute atomic E-state index is 0.00271. The summed E-state index contributed by atoms with van der Waals surface area (Å²) in [5.74, 6) is -5.80. The third kappa shape index (κ3) is 5.28. The Balaban J connectivity index is 1.73. The van der Waals surface area contributed by atoms with Crippen molar-refractivity contribution in [2.24, 2.45) is 0 Å². The summed E-state index contributed by atoms with van der Waals surface area (Å²) >= 11 is 0. The van der Waals surface area contributed by atoms with E-state index in [1.165, 1.54) is 9.80 Å². The minimum Gasteiger partial charge on any atom is -0.450 e. The van der Waals surface area contributed by atoms with Gasteiger partial charge >= 0.3 is 6.09 Å². The average Bonchev–Trinajstić information content (AvgIpc) is 2.76. The third-order valence-corrected chi connectivity index (χ3v) is 7.64. The van der Waals surface area contributed by atoms with Gasteiger partial charge in [-0.3, -0.25) is 4.90 Å². The normalized spacial score (nSPS) is 20.5. The molecule has 2 aliphatic rings. The summed E-state index contributed by atoms with van der Waals surface area (Å²) < 4.78 is 74.4. The zero-order chi connectivity index (χ0) is 23.5. The van der Waals surface area contributed by atoms with Crippen LogP contribution in [-0.2, 0) is 14.6 Å². The highest BCUT2D eigenvalue weighted by molar-refractivity contribution is 7.91. The van der Waals surface area contributed by atoms with Crippen LogP contribution < -0.4 is 4.90 Å². The second-order valence-corrected chi connectivity index (χ2v) is 10.1. The van der Waals surface area contributed by atoms with Crippen LogP contribution in [0.4, 0.5) is 23.8 Å². The maximum atomic E-state index is 15.2. The zero-order valence-electron chi connectivity index (χ0n) is 18.3. The van der Waals surface area contributed by atoms with Crippen LogP contribution in [0.3, 0.4) is 0 Å². The summed E-state index contributed by atoms with van der Waals surface area (Å²) in [6.07, 6.45) is 1.93. The number of rotatable bonds is 6. The average molecular weight is 479 g/mol. The van der Waals surface area contributed by atoms with Crippen molar-refractivity contribution in [2.75, 3.05) is 56.5 Å². The predicted octanol–water partition coefficient (Wildman–Crippen LogP) is 2.43. The number of hydrogen-bond donors (Lipinski definition) is 0. The summed E-state index contributed by atoms with van der Waals surface area (Å²) in [7, 11) is -4.46. The van der Waals surface area contributed by atoms with Crippen molar-refractivity contribution in [3.8, 4) is 0 Å². The first kappa shape index (κ1) is 24.6. The van der Waals surface area contributed by atoms with Gasteiger partial charge in [0.2, 0.25) is 0 Å². The summed E-state index contributed by atoms with van der Waals surface area (Å²) in [6.45, 7) is 5.64. The third-order valence-electron chi connectivity index (χ3n) is 5.94. The Labute approximate surface area is 186 Å². The number of nitrogens with zero attached hydrogens (tertiary/aromatic N) is 4. The van der Waals surface area contributed by atoms with Crippen LogP contribution in [-0.4, -0.2) is 87.0 Å². The summed E-state index contributed by atoms with van der Waals surface area (Å²) in [5, 5.41) is 0. The zero-order valence-corrected chi connectivity index (χ0v) is 19.1. The predicted molar refractivity (Wildman–Crippen MR) is 112 cm³/mol. The molecule has 0 aliphatic carbocycles. The number of aromatic nitrogens is 1. The lowest BCUT2D eigenvalue weighted by atomic mass is 10.0. The van der Waals surface area contributed by atoms with Gasteiger partial charge in [-0.15, -0.1) is 0 Å². The molecule has 8 nitrogen and oxygen atoms in total. The van der Waals surface area contributed by atoms with Gasteiger partial charge in [-0.2, -0.15) is 9.37 Å². The number of pyridine rings is 1. The van der Waals surface area contributed by atoms with Crippen molar-refractivity contribution < 1.29 is 31.1 Å². The smallest absolute Gasteiger partial charge is 0.409 e. The molecule has 0 N–H and O–H groups in total. The SMILES string of the molecule is CCOC(=O)N1CCN(CCS(=O)(=O)c2c(F)c(F)nc(N3CCCC[C@@H]3C)c2F)CC1. The quantitative estimate of drug-likeness (QED) is 0.581. The lowest BCUT2D eigenvalue weighted by Crippen LogP contribution is -2.49. The van der Waals surface area contributed by atoms with Crippen molar-refractivity contribution in [1.82, 2.24) is 14.8 Å². The number of amides is 1. The van der Waals surface area contributed by atoms with E-state index < -0.39 is 50.0 Å². The maximum absolute atomic E-state index is 15.2. The highest BCUT2D eigenvalue weighted by Gasteiger charge is 2.34. The number of sulfone groups is 1. The number of hydrogen-bond acceptors (Lipinski definition) is 7. The molecule has 180 valence electrons.